The van der Waals surface area contributed by atoms with Gasteiger partial charge in [0.1, 0.15) is 6.10 Å². The molecule has 0 aliphatic carbocycles. The van der Waals surface area contributed by atoms with Crippen LogP contribution in [0.15, 0.2) is 0 Å². The lowest BCUT2D eigenvalue weighted by atomic mass is 10.0. The summed E-state index contributed by atoms with van der Waals surface area (Å²) in [6.07, 6.45) is 42.6. The van der Waals surface area contributed by atoms with Crippen molar-refractivity contribution in [3.05, 3.63) is 0 Å². The maximum atomic E-state index is 12.6. The van der Waals surface area contributed by atoms with Gasteiger partial charge in [0.2, 0.25) is 0 Å². The number of phosphoric acid groups is 1. The summed E-state index contributed by atoms with van der Waals surface area (Å²) in [6, 6.07) is 0. The maximum Gasteiger partial charge on any atom is 0.472 e. The number of esters is 1. The third-order valence-electron chi connectivity index (χ3n) is 10.0. The van der Waals surface area contributed by atoms with Crippen LogP contribution < -0.4 is 5.73 Å². The summed E-state index contributed by atoms with van der Waals surface area (Å²) in [7, 11) is -4.27. The molecule has 0 spiro atoms. The van der Waals surface area contributed by atoms with Gasteiger partial charge in [-0.3, -0.25) is 13.8 Å². The number of carbonyl (C=O) groups is 1. The molecule has 52 heavy (non-hydrogen) atoms. The summed E-state index contributed by atoms with van der Waals surface area (Å²) < 4.78 is 33.5. The Hall–Kier alpha value is -0.500. The molecule has 0 rings (SSSR count). The summed E-state index contributed by atoms with van der Waals surface area (Å²) in [5, 5.41) is 0. The SMILES string of the molecule is CCCCCCCCCCCCCCCCCCCOCC(COP(=O)(O)OCCN)OC(=O)CCCCCCCCCCCCCCCCCC. The fourth-order valence-electron chi connectivity index (χ4n) is 6.70. The zero-order valence-corrected chi connectivity index (χ0v) is 35.5. The molecular weight excluding hydrogens is 673 g/mol. The van der Waals surface area contributed by atoms with Crippen molar-refractivity contribution in [1.82, 2.24) is 0 Å². The van der Waals surface area contributed by atoms with Gasteiger partial charge in [0, 0.05) is 19.6 Å². The molecule has 0 saturated heterocycles. The molecule has 0 aromatic rings. The van der Waals surface area contributed by atoms with Crippen LogP contribution in [0.3, 0.4) is 0 Å². The van der Waals surface area contributed by atoms with Crippen molar-refractivity contribution >= 4 is 13.8 Å². The van der Waals surface area contributed by atoms with Crippen molar-refractivity contribution in [3.63, 3.8) is 0 Å². The average Bonchev–Trinajstić information content (AvgIpc) is 3.13. The first-order valence-electron chi connectivity index (χ1n) is 22.5. The lowest BCUT2D eigenvalue weighted by Gasteiger charge is -2.20. The van der Waals surface area contributed by atoms with Gasteiger partial charge >= 0.3 is 13.8 Å². The van der Waals surface area contributed by atoms with E-state index in [4.69, 9.17) is 24.3 Å². The van der Waals surface area contributed by atoms with E-state index in [1.165, 1.54) is 180 Å². The third kappa shape index (κ3) is 40.7. The van der Waals surface area contributed by atoms with Crippen molar-refractivity contribution in [2.45, 2.75) is 238 Å². The van der Waals surface area contributed by atoms with Crippen LogP contribution in [0.4, 0.5) is 0 Å². The van der Waals surface area contributed by atoms with Crippen molar-refractivity contribution in [1.29, 1.82) is 0 Å². The van der Waals surface area contributed by atoms with Crippen LogP contribution in [0.25, 0.3) is 0 Å². The Labute approximate surface area is 322 Å². The zero-order chi connectivity index (χ0) is 38.1. The van der Waals surface area contributed by atoms with E-state index in [0.29, 0.717) is 13.0 Å². The van der Waals surface area contributed by atoms with Crippen molar-refractivity contribution in [3.8, 4) is 0 Å². The monoisotopic (exact) mass is 762 g/mol. The Morgan fingerprint density at radius 3 is 1.21 bits per heavy atom. The molecule has 0 fully saturated rings. The molecule has 0 heterocycles. The topological polar surface area (TPSA) is 117 Å². The minimum Gasteiger partial charge on any atom is -0.457 e. The standard InChI is InChI=1S/C43H88NO7P/c1-3-5-7-9-11-13-15-17-19-21-23-25-27-29-31-33-35-38-48-40-42(41-50-52(46,47)49-39-37-44)51-43(45)36-34-32-30-28-26-24-22-20-18-16-14-12-10-8-6-4-2/h42H,3-41,44H2,1-2H3,(H,46,47). The highest BCUT2D eigenvalue weighted by molar-refractivity contribution is 7.47. The molecule has 0 saturated carbocycles. The predicted octanol–water partition coefficient (Wildman–Crippen LogP) is 13.3. The number of unbranched alkanes of at least 4 members (excludes halogenated alkanes) is 31. The van der Waals surface area contributed by atoms with Gasteiger partial charge in [-0.05, 0) is 12.8 Å². The lowest BCUT2D eigenvalue weighted by molar-refractivity contribution is -0.154. The van der Waals surface area contributed by atoms with E-state index < -0.39 is 13.9 Å². The molecule has 0 aromatic heterocycles. The second-order valence-corrected chi connectivity index (χ2v) is 16.7. The Morgan fingerprint density at radius 1 is 0.500 bits per heavy atom. The van der Waals surface area contributed by atoms with Crippen LogP contribution in [-0.2, 0) is 27.9 Å². The van der Waals surface area contributed by atoms with Crippen molar-refractivity contribution in [2.24, 2.45) is 5.73 Å². The first kappa shape index (κ1) is 51.5. The number of carbonyl (C=O) groups excluding carboxylic acids is 1. The van der Waals surface area contributed by atoms with Crippen LogP contribution in [0.2, 0.25) is 0 Å². The van der Waals surface area contributed by atoms with Crippen molar-refractivity contribution in [2.75, 3.05) is 33.0 Å². The van der Waals surface area contributed by atoms with Crippen LogP contribution in [0.1, 0.15) is 232 Å². The van der Waals surface area contributed by atoms with Crippen LogP contribution in [-0.4, -0.2) is 49.9 Å². The Balaban J connectivity index is 3.95. The van der Waals surface area contributed by atoms with Gasteiger partial charge in [0.05, 0.1) is 19.8 Å². The highest BCUT2D eigenvalue weighted by Gasteiger charge is 2.25. The van der Waals surface area contributed by atoms with Crippen molar-refractivity contribution < 1.29 is 32.8 Å². The number of nitrogens with two attached hydrogens (primary N) is 1. The third-order valence-corrected chi connectivity index (χ3v) is 11.0. The smallest absolute Gasteiger partial charge is 0.457 e. The number of hydrogen-bond donors (Lipinski definition) is 2. The van der Waals surface area contributed by atoms with E-state index in [2.05, 4.69) is 13.8 Å². The highest BCUT2D eigenvalue weighted by atomic mass is 31.2. The molecule has 2 unspecified atom stereocenters. The highest BCUT2D eigenvalue weighted by Crippen LogP contribution is 2.43. The lowest BCUT2D eigenvalue weighted by Crippen LogP contribution is -2.28. The van der Waals surface area contributed by atoms with E-state index in [0.717, 1.165) is 32.1 Å². The molecule has 0 radical (unpaired) electrons. The summed E-state index contributed by atoms with van der Waals surface area (Å²) in [4.78, 5) is 22.5. The van der Waals surface area contributed by atoms with Gasteiger partial charge in [-0.1, -0.05) is 213 Å². The van der Waals surface area contributed by atoms with Gasteiger partial charge < -0.3 is 20.1 Å². The maximum absolute atomic E-state index is 12.6. The second-order valence-electron chi connectivity index (χ2n) is 15.3. The molecular formula is C43H88NO7P. The Kier molecular flexibility index (Phi) is 41.3. The molecule has 0 aliphatic heterocycles. The normalized spacial score (nSPS) is 13.4. The predicted molar refractivity (Wildman–Crippen MR) is 220 cm³/mol. The molecule has 3 N–H and O–H groups in total. The summed E-state index contributed by atoms with van der Waals surface area (Å²) in [5.74, 6) is -0.323. The van der Waals surface area contributed by atoms with E-state index in [-0.39, 0.29) is 32.3 Å². The number of rotatable bonds is 44. The van der Waals surface area contributed by atoms with Gasteiger partial charge in [-0.15, -0.1) is 0 Å². The fraction of sp³-hybridized carbons (Fsp3) is 0.977. The minimum atomic E-state index is -4.27. The summed E-state index contributed by atoms with van der Waals surface area (Å²) in [6.45, 7) is 4.99. The molecule has 2 atom stereocenters. The summed E-state index contributed by atoms with van der Waals surface area (Å²) >= 11 is 0. The summed E-state index contributed by atoms with van der Waals surface area (Å²) in [5.41, 5.74) is 5.37. The largest absolute Gasteiger partial charge is 0.472 e. The van der Waals surface area contributed by atoms with E-state index in [1.807, 2.05) is 0 Å². The van der Waals surface area contributed by atoms with Crippen LogP contribution in [0.5, 0.6) is 0 Å². The minimum absolute atomic E-state index is 0.0900. The molecule has 0 bridgehead atoms. The fourth-order valence-corrected chi connectivity index (χ4v) is 7.47. The average molecular weight is 762 g/mol. The molecule has 312 valence electrons. The van der Waals surface area contributed by atoms with Crippen LogP contribution in [0, 0.1) is 0 Å². The number of hydrogen-bond acceptors (Lipinski definition) is 7. The molecule has 9 heteroatoms. The molecule has 0 aliphatic rings. The van der Waals surface area contributed by atoms with Crippen LogP contribution >= 0.6 is 7.82 Å². The molecule has 0 aromatic carbocycles. The van der Waals surface area contributed by atoms with E-state index >= 15 is 0 Å². The number of phosphoric ester groups is 1. The van der Waals surface area contributed by atoms with E-state index in [1.54, 1.807) is 0 Å². The molecule has 8 nitrogen and oxygen atoms in total. The first-order chi connectivity index (χ1) is 25.4. The Bertz CT molecular complexity index is 772. The number of ether oxygens (including phenoxy) is 2. The van der Waals surface area contributed by atoms with Gasteiger partial charge in [-0.25, -0.2) is 4.57 Å². The van der Waals surface area contributed by atoms with E-state index in [9.17, 15) is 14.3 Å². The zero-order valence-electron chi connectivity index (χ0n) is 34.6. The Morgan fingerprint density at radius 2 is 0.846 bits per heavy atom. The molecule has 0 amide bonds. The van der Waals surface area contributed by atoms with Gasteiger partial charge in [0.25, 0.3) is 0 Å². The quantitative estimate of drug-likeness (QED) is 0.0358. The first-order valence-corrected chi connectivity index (χ1v) is 24.0. The van der Waals surface area contributed by atoms with Gasteiger partial charge in [-0.2, -0.15) is 0 Å². The second kappa shape index (κ2) is 41.7. The van der Waals surface area contributed by atoms with Gasteiger partial charge in [0.15, 0.2) is 0 Å².